The Bertz CT molecular complexity index is 804. The van der Waals surface area contributed by atoms with Crippen molar-refractivity contribution in [1.29, 1.82) is 0 Å². The largest absolute Gasteiger partial charge is 0.372 e. The number of benzene rings is 2. The van der Waals surface area contributed by atoms with Gasteiger partial charge in [0.15, 0.2) is 0 Å². The molecule has 2 aromatic rings. The van der Waals surface area contributed by atoms with Gasteiger partial charge in [-0.2, -0.15) is 0 Å². The molecule has 0 saturated heterocycles. The third-order valence-electron chi connectivity index (χ3n) is 3.69. The van der Waals surface area contributed by atoms with E-state index in [4.69, 9.17) is 16.3 Å². The Hall–Kier alpha value is -1.56. The van der Waals surface area contributed by atoms with E-state index in [0.29, 0.717) is 16.3 Å². The smallest absolute Gasteiger partial charge is 0.264 e. The molecule has 0 aromatic heterocycles. The van der Waals surface area contributed by atoms with Gasteiger partial charge < -0.3 is 4.74 Å². The zero-order valence-electron chi connectivity index (χ0n) is 11.6. The summed E-state index contributed by atoms with van der Waals surface area (Å²) >= 11 is 5.98. The predicted molar refractivity (Wildman–Crippen MR) is 82.3 cm³/mol. The van der Waals surface area contributed by atoms with Crippen molar-refractivity contribution in [2.75, 3.05) is 18.5 Å². The second-order valence-electron chi connectivity index (χ2n) is 4.83. The number of rotatable bonds is 1. The lowest BCUT2D eigenvalue weighted by Gasteiger charge is -2.20. The van der Waals surface area contributed by atoms with Gasteiger partial charge in [-0.25, -0.2) is 8.42 Å². The van der Waals surface area contributed by atoms with Gasteiger partial charge in [0.1, 0.15) is 6.10 Å². The van der Waals surface area contributed by atoms with Crippen molar-refractivity contribution >= 4 is 27.3 Å². The number of anilines is 1. The van der Waals surface area contributed by atoms with E-state index in [2.05, 4.69) is 0 Å². The summed E-state index contributed by atoms with van der Waals surface area (Å²) < 4.78 is 32.5. The highest BCUT2D eigenvalue weighted by Crippen LogP contribution is 2.42. The van der Waals surface area contributed by atoms with E-state index >= 15 is 0 Å². The number of methoxy groups -OCH3 is 1. The maximum absolute atomic E-state index is 12.8. The first-order valence-corrected chi connectivity index (χ1v) is 8.18. The number of fused-ring (bicyclic) bond motifs is 2. The standard InChI is InChI=1S/C15H14ClNO3S/c1-17-13-6-4-3-5-11(13)15(20-2)12-8-7-10(16)9-14(12)21(17,18)19/h3-9,15H,1-2H3. The van der Waals surface area contributed by atoms with Gasteiger partial charge in [-0.1, -0.05) is 35.9 Å². The predicted octanol–water partition coefficient (Wildman–Crippen LogP) is 3.21. The molecule has 0 N–H and O–H groups in total. The Kier molecular flexibility index (Phi) is 3.43. The first kappa shape index (κ1) is 14.4. The molecule has 1 unspecified atom stereocenters. The quantitative estimate of drug-likeness (QED) is 0.809. The number of halogens is 1. The molecule has 0 bridgehead atoms. The van der Waals surface area contributed by atoms with Gasteiger partial charge in [-0.3, -0.25) is 4.31 Å². The Balaban J connectivity index is 2.41. The van der Waals surface area contributed by atoms with Crippen LogP contribution in [0.3, 0.4) is 0 Å². The van der Waals surface area contributed by atoms with Crippen LogP contribution in [0.15, 0.2) is 47.4 Å². The average Bonchev–Trinajstić information content (AvgIpc) is 2.54. The summed E-state index contributed by atoms with van der Waals surface area (Å²) in [5.74, 6) is 0. The van der Waals surface area contributed by atoms with Crippen LogP contribution in [0.25, 0.3) is 0 Å². The number of hydrogen-bond acceptors (Lipinski definition) is 3. The zero-order valence-corrected chi connectivity index (χ0v) is 13.1. The molecule has 21 heavy (non-hydrogen) atoms. The minimum Gasteiger partial charge on any atom is -0.372 e. The van der Waals surface area contributed by atoms with E-state index in [1.54, 1.807) is 31.4 Å². The van der Waals surface area contributed by atoms with Crippen molar-refractivity contribution in [2.45, 2.75) is 11.0 Å². The molecule has 0 aliphatic carbocycles. The topological polar surface area (TPSA) is 46.6 Å². The third-order valence-corrected chi connectivity index (χ3v) is 5.75. The number of para-hydroxylation sites is 1. The van der Waals surface area contributed by atoms with Gasteiger partial charge in [0, 0.05) is 30.3 Å². The lowest BCUT2D eigenvalue weighted by atomic mass is 9.99. The van der Waals surface area contributed by atoms with Crippen molar-refractivity contribution in [3.05, 3.63) is 58.6 Å². The number of ether oxygens (including phenoxy) is 1. The van der Waals surface area contributed by atoms with Crippen LogP contribution < -0.4 is 4.31 Å². The van der Waals surface area contributed by atoms with Crippen LogP contribution in [0, 0.1) is 0 Å². The van der Waals surface area contributed by atoms with E-state index in [0.717, 1.165) is 5.56 Å². The molecule has 1 atom stereocenters. The van der Waals surface area contributed by atoms with Crippen molar-refractivity contribution in [2.24, 2.45) is 0 Å². The van der Waals surface area contributed by atoms with Crippen molar-refractivity contribution in [3.63, 3.8) is 0 Å². The highest BCUT2D eigenvalue weighted by molar-refractivity contribution is 7.92. The van der Waals surface area contributed by atoms with Gasteiger partial charge >= 0.3 is 0 Å². The molecule has 0 fully saturated rings. The Labute approximate surface area is 129 Å². The van der Waals surface area contributed by atoms with E-state index in [1.165, 1.54) is 17.4 Å². The van der Waals surface area contributed by atoms with E-state index in [9.17, 15) is 8.42 Å². The van der Waals surface area contributed by atoms with Crippen LogP contribution in [0.2, 0.25) is 5.02 Å². The van der Waals surface area contributed by atoms with Gasteiger partial charge in [0.05, 0.1) is 10.6 Å². The first-order valence-electron chi connectivity index (χ1n) is 6.37. The molecule has 0 spiro atoms. The third kappa shape index (κ3) is 2.12. The van der Waals surface area contributed by atoms with Crippen LogP contribution >= 0.6 is 11.6 Å². The first-order chi connectivity index (χ1) is 9.96. The fraction of sp³-hybridized carbons (Fsp3) is 0.200. The minimum atomic E-state index is -3.67. The van der Waals surface area contributed by atoms with Crippen molar-refractivity contribution in [3.8, 4) is 0 Å². The Morgan fingerprint density at radius 2 is 1.86 bits per heavy atom. The summed E-state index contributed by atoms with van der Waals surface area (Å²) in [6.45, 7) is 0. The lowest BCUT2D eigenvalue weighted by Crippen LogP contribution is -2.26. The number of sulfonamides is 1. The fourth-order valence-electron chi connectivity index (χ4n) is 2.64. The van der Waals surface area contributed by atoms with Gasteiger partial charge in [-0.05, 0) is 18.2 Å². The molecule has 0 amide bonds. The maximum Gasteiger partial charge on any atom is 0.264 e. The number of hydrogen-bond donors (Lipinski definition) is 0. The molecule has 0 saturated carbocycles. The van der Waals surface area contributed by atoms with E-state index in [1.807, 2.05) is 12.1 Å². The maximum atomic E-state index is 12.8. The second kappa shape index (κ2) is 5.02. The van der Waals surface area contributed by atoms with Crippen LogP contribution in [0.5, 0.6) is 0 Å². The van der Waals surface area contributed by atoms with Crippen LogP contribution in [-0.2, 0) is 14.8 Å². The molecule has 1 heterocycles. The molecule has 110 valence electrons. The second-order valence-corrected chi connectivity index (χ2v) is 7.20. The summed E-state index contributed by atoms with van der Waals surface area (Å²) in [4.78, 5) is 0.181. The van der Waals surface area contributed by atoms with Crippen LogP contribution in [-0.4, -0.2) is 22.6 Å². The molecular formula is C15H14ClNO3S. The van der Waals surface area contributed by atoms with Crippen molar-refractivity contribution in [1.82, 2.24) is 0 Å². The summed E-state index contributed by atoms with van der Waals surface area (Å²) in [5, 5.41) is 0.381. The van der Waals surface area contributed by atoms with Gasteiger partial charge in [0.2, 0.25) is 0 Å². The highest BCUT2D eigenvalue weighted by atomic mass is 35.5. The van der Waals surface area contributed by atoms with E-state index < -0.39 is 16.1 Å². The van der Waals surface area contributed by atoms with Crippen LogP contribution in [0.1, 0.15) is 17.2 Å². The zero-order chi connectivity index (χ0) is 15.2. The molecule has 1 aliphatic heterocycles. The summed E-state index contributed by atoms with van der Waals surface area (Å²) in [6.07, 6.45) is -0.451. The van der Waals surface area contributed by atoms with Gasteiger partial charge in [-0.15, -0.1) is 0 Å². The summed E-state index contributed by atoms with van der Waals surface area (Å²) in [5.41, 5.74) is 2.02. The normalized spacial score (nSPS) is 19.6. The fourth-order valence-corrected chi connectivity index (χ4v) is 4.35. The van der Waals surface area contributed by atoms with Crippen molar-refractivity contribution < 1.29 is 13.2 Å². The molecule has 6 heteroatoms. The van der Waals surface area contributed by atoms with Crippen LogP contribution in [0.4, 0.5) is 5.69 Å². The molecule has 0 radical (unpaired) electrons. The Morgan fingerprint density at radius 1 is 1.14 bits per heavy atom. The molecule has 3 rings (SSSR count). The minimum absolute atomic E-state index is 0.181. The summed E-state index contributed by atoms with van der Waals surface area (Å²) in [6, 6.07) is 12.2. The molecule has 4 nitrogen and oxygen atoms in total. The SMILES string of the molecule is COC1c2ccccc2N(C)S(=O)(=O)c2cc(Cl)ccc21. The average molecular weight is 324 g/mol. The molecule has 2 aromatic carbocycles. The molecule has 1 aliphatic rings. The lowest BCUT2D eigenvalue weighted by molar-refractivity contribution is 0.135. The monoisotopic (exact) mass is 323 g/mol. The number of nitrogens with zero attached hydrogens (tertiary/aromatic N) is 1. The van der Waals surface area contributed by atoms with E-state index in [-0.39, 0.29) is 4.90 Å². The molecular weight excluding hydrogens is 310 g/mol. The highest BCUT2D eigenvalue weighted by Gasteiger charge is 2.34. The Morgan fingerprint density at radius 3 is 2.57 bits per heavy atom. The summed E-state index contributed by atoms with van der Waals surface area (Å²) in [7, 11) is -0.561. The van der Waals surface area contributed by atoms with Gasteiger partial charge in [0.25, 0.3) is 10.0 Å².